The highest BCUT2D eigenvalue weighted by Gasteiger charge is 2.46. The summed E-state index contributed by atoms with van der Waals surface area (Å²) in [6.07, 6.45) is 1.52. The minimum atomic E-state index is -0.744. The van der Waals surface area contributed by atoms with E-state index in [1.807, 2.05) is 24.3 Å². The molecule has 1 aliphatic rings. The summed E-state index contributed by atoms with van der Waals surface area (Å²) in [7, 11) is 1.55. The molecule has 0 spiro atoms. The third-order valence-corrected chi connectivity index (χ3v) is 5.90. The van der Waals surface area contributed by atoms with Gasteiger partial charge in [0.25, 0.3) is 11.7 Å². The van der Waals surface area contributed by atoms with Crippen LogP contribution in [0.15, 0.2) is 76.9 Å². The molecule has 2 heterocycles. The second kappa shape index (κ2) is 8.62. The molecule has 1 aromatic heterocycles. The molecule has 1 atom stereocenters. The van der Waals surface area contributed by atoms with Crippen LogP contribution in [0, 0.1) is 0 Å². The summed E-state index contributed by atoms with van der Waals surface area (Å²) in [6.45, 7) is 6.47. The van der Waals surface area contributed by atoms with Gasteiger partial charge in [-0.15, -0.1) is 0 Å². The molecular weight excluding hydrogens is 418 g/mol. The number of methoxy groups -OCH3 is 1. The number of rotatable bonds is 5. The fraction of sp³-hybridized carbons (Fsp3) is 0.259. The van der Waals surface area contributed by atoms with Crippen LogP contribution < -0.4 is 4.74 Å². The fourth-order valence-corrected chi connectivity index (χ4v) is 4.03. The van der Waals surface area contributed by atoms with Crippen molar-refractivity contribution < 1.29 is 23.8 Å². The van der Waals surface area contributed by atoms with E-state index in [1.54, 1.807) is 43.5 Å². The van der Waals surface area contributed by atoms with Crippen molar-refractivity contribution in [3.05, 3.63) is 95.0 Å². The SMILES string of the molecule is COc1ccc(/C(O)=C2\C(=O)C(=O)N(Cc3ccco3)C2c2ccc(C(C)(C)C)cc2)cc1. The Kier molecular flexibility index (Phi) is 5.85. The van der Waals surface area contributed by atoms with Gasteiger partial charge in [-0.25, -0.2) is 0 Å². The lowest BCUT2D eigenvalue weighted by Crippen LogP contribution is -2.29. The molecule has 33 heavy (non-hydrogen) atoms. The van der Waals surface area contributed by atoms with E-state index in [1.165, 1.54) is 11.2 Å². The third kappa shape index (κ3) is 4.29. The van der Waals surface area contributed by atoms with Gasteiger partial charge in [-0.3, -0.25) is 9.59 Å². The summed E-state index contributed by atoms with van der Waals surface area (Å²) in [6, 6.07) is 17.3. The smallest absolute Gasteiger partial charge is 0.296 e. The Hall–Kier alpha value is -3.80. The molecule has 1 amide bonds. The summed E-state index contributed by atoms with van der Waals surface area (Å²) >= 11 is 0. The molecule has 1 saturated heterocycles. The molecule has 1 aliphatic heterocycles. The van der Waals surface area contributed by atoms with E-state index in [9.17, 15) is 14.7 Å². The second-order valence-corrected chi connectivity index (χ2v) is 9.11. The molecule has 2 aromatic carbocycles. The lowest BCUT2D eigenvalue weighted by molar-refractivity contribution is -0.140. The first-order valence-corrected chi connectivity index (χ1v) is 10.8. The van der Waals surface area contributed by atoms with Gasteiger partial charge in [0.2, 0.25) is 0 Å². The maximum absolute atomic E-state index is 13.1. The molecule has 6 nitrogen and oxygen atoms in total. The Balaban J connectivity index is 1.83. The second-order valence-electron chi connectivity index (χ2n) is 9.11. The van der Waals surface area contributed by atoms with E-state index in [0.717, 1.165) is 11.1 Å². The van der Waals surface area contributed by atoms with Crippen molar-refractivity contribution in [2.45, 2.75) is 38.8 Å². The zero-order valence-electron chi connectivity index (χ0n) is 19.2. The van der Waals surface area contributed by atoms with Crippen molar-refractivity contribution in [2.75, 3.05) is 7.11 Å². The van der Waals surface area contributed by atoms with Crippen LogP contribution in [0.1, 0.15) is 49.3 Å². The average Bonchev–Trinajstić information content (AvgIpc) is 3.40. The predicted molar refractivity (Wildman–Crippen MR) is 125 cm³/mol. The van der Waals surface area contributed by atoms with Gasteiger partial charge in [-0.2, -0.15) is 0 Å². The molecule has 1 N–H and O–H groups in total. The Labute approximate surface area is 193 Å². The number of aliphatic hydroxyl groups excluding tert-OH is 1. The van der Waals surface area contributed by atoms with Crippen LogP contribution in [0.4, 0.5) is 0 Å². The number of hydrogen-bond donors (Lipinski definition) is 1. The molecule has 170 valence electrons. The number of nitrogens with zero attached hydrogens (tertiary/aromatic N) is 1. The van der Waals surface area contributed by atoms with E-state index >= 15 is 0 Å². The van der Waals surface area contributed by atoms with Crippen molar-refractivity contribution in [1.82, 2.24) is 4.90 Å². The Morgan fingerprint density at radius 2 is 1.70 bits per heavy atom. The number of benzene rings is 2. The molecule has 4 rings (SSSR count). The molecular formula is C27H27NO5. The number of hydrogen-bond acceptors (Lipinski definition) is 5. The van der Waals surface area contributed by atoms with Gasteiger partial charge in [0.05, 0.1) is 31.5 Å². The molecule has 6 heteroatoms. The van der Waals surface area contributed by atoms with Crippen molar-refractivity contribution in [2.24, 2.45) is 0 Å². The number of amides is 1. The number of aliphatic hydroxyl groups is 1. The Morgan fingerprint density at radius 1 is 1.03 bits per heavy atom. The number of likely N-dealkylation sites (tertiary alicyclic amines) is 1. The number of carbonyl (C=O) groups excluding carboxylic acids is 2. The van der Waals surface area contributed by atoms with Crippen LogP contribution in [-0.2, 0) is 21.5 Å². The van der Waals surface area contributed by atoms with E-state index in [4.69, 9.17) is 9.15 Å². The number of Topliss-reactive ketones (excluding diaryl/α,β-unsaturated/α-hetero) is 1. The Bertz CT molecular complexity index is 1180. The molecule has 0 saturated carbocycles. The topological polar surface area (TPSA) is 80.0 Å². The molecule has 0 aliphatic carbocycles. The summed E-state index contributed by atoms with van der Waals surface area (Å²) in [5, 5.41) is 11.1. The van der Waals surface area contributed by atoms with Gasteiger partial charge in [-0.1, -0.05) is 45.0 Å². The molecule has 0 bridgehead atoms. The number of ketones is 1. The van der Waals surface area contributed by atoms with Crippen LogP contribution in [0.3, 0.4) is 0 Å². The zero-order valence-corrected chi connectivity index (χ0v) is 19.2. The van der Waals surface area contributed by atoms with E-state index in [-0.39, 0.29) is 23.3 Å². The summed E-state index contributed by atoms with van der Waals surface area (Å²) < 4.78 is 10.6. The lowest BCUT2D eigenvalue weighted by Gasteiger charge is -2.26. The first kappa shape index (κ1) is 22.4. The third-order valence-electron chi connectivity index (χ3n) is 5.90. The lowest BCUT2D eigenvalue weighted by atomic mass is 9.85. The van der Waals surface area contributed by atoms with Crippen LogP contribution in [0.2, 0.25) is 0 Å². The largest absolute Gasteiger partial charge is 0.507 e. The maximum atomic E-state index is 13.1. The summed E-state index contributed by atoms with van der Waals surface area (Å²) in [5.41, 5.74) is 2.31. The quantitative estimate of drug-likeness (QED) is 0.331. The van der Waals surface area contributed by atoms with Crippen molar-refractivity contribution >= 4 is 17.4 Å². The highest BCUT2D eigenvalue weighted by Crippen LogP contribution is 2.41. The predicted octanol–water partition coefficient (Wildman–Crippen LogP) is 5.21. The highest BCUT2D eigenvalue weighted by molar-refractivity contribution is 6.46. The van der Waals surface area contributed by atoms with Gasteiger partial charge in [0.1, 0.15) is 17.3 Å². The minimum Gasteiger partial charge on any atom is -0.507 e. The minimum absolute atomic E-state index is 0.0440. The Morgan fingerprint density at radius 3 is 2.24 bits per heavy atom. The summed E-state index contributed by atoms with van der Waals surface area (Å²) in [5.74, 6) is -0.439. The monoisotopic (exact) mass is 445 g/mol. The van der Waals surface area contributed by atoms with Gasteiger partial charge < -0.3 is 19.2 Å². The molecule has 3 aromatic rings. The van der Waals surface area contributed by atoms with E-state index in [2.05, 4.69) is 20.8 Å². The summed E-state index contributed by atoms with van der Waals surface area (Å²) in [4.78, 5) is 27.6. The first-order valence-electron chi connectivity index (χ1n) is 10.8. The van der Waals surface area contributed by atoms with Crippen molar-refractivity contribution in [3.63, 3.8) is 0 Å². The van der Waals surface area contributed by atoms with Crippen molar-refractivity contribution in [3.8, 4) is 5.75 Å². The van der Waals surface area contributed by atoms with Gasteiger partial charge in [0, 0.05) is 5.56 Å². The number of carbonyl (C=O) groups is 2. The highest BCUT2D eigenvalue weighted by atomic mass is 16.5. The van der Waals surface area contributed by atoms with E-state index < -0.39 is 17.7 Å². The first-order chi connectivity index (χ1) is 15.7. The average molecular weight is 446 g/mol. The van der Waals surface area contributed by atoms with Crippen LogP contribution >= 0.6 is 0 Å². The van der Waals surface area contributed by atoms with Crippen LogP contribution in [-0.4, -0.2) is 28.8 Å². The maximum Gasteiger partial charge on any atom is 0.296 e. The van der Waals surface area contributed by atoms with Crippen LogP contribution in [0.5, 0.6) is 5.75 Å². The molecule has 0 radical (unpaired) electrons. The van der Waals surface area contributed by atoms with Gasteiger partial charge >= 0.3 is 0 Å². The molecule has 1 fully saturated rings. The van der Waals surface area contributed by atoms with Crippen LogP contribution in [0.25, 0.3) is 5.76 Å². The zero-order chi connectivity index (χ0) is 23.8. The van der Waals surface area contributed by atoms with E-state index in [0.29, 0.717) is 17.1 Å². The number of ether oxygens (including phenoxy) is 1. The standard InChI is InChI=1S/C27H27NO5/c1-27(2,3)19-11-7-17(8-12-19)23-22(24(29)18-9-13-20(32-4)14-10-18)25(30)26(31)28(23)16-21-6-5-15-33-21/h5-15,23,29H,16H2,1-4H3/b24-22+. The van der Waals surface area contributed by atoms with Gasteiger partial charge in [0.15, 0.2) is 0 Å². The van der Waals surface area contributed by atoms with Gasteiger partial charge in [-0.05, 0) is 52.9 Å². The van der Waals surface area contributed by atoms with Crippen molar-refractivity contribution in [1.29, 1.82) is 0 Å². The fourth-order valence-electron chi connectivity index (χ4n) is 4.03. The number of furan rings is 1. The molecule has 1 unspecified atom stereocenters. The normalized spacial score (nSPS) is 18.1.